The minimum absolute atomic E-state index is 0.0439. The Morgan fingerprint density at radius 3 is 2.62 bits per heavy atom. The fourth-order valence-corrected chi connectivity index (χ4v) is 6.36. The Bertz CT molecular complexity index is 1300. The zero-order valence-corrected chi connectivity index (χ0v) is 19.9. The molecule has 2 bridgehead atoms. The van der Waals surface area contributed by atoms with E-state index in [2.05, 4.69) is 57.8 Å². The van der Waals surface area contributed by atoms with Crippen molar-refractivity contribution in [1.29, 1.82) is 0 Å². The molecule has 0 spiro atoms. The SMILES string of the molecule is CN1C2CCC1CC(NC(=O)Cc1nnc(Cc3nc4ccc(-c5ccccc5)cc4s3)o1)C2. The molecule has 2 atom stereocenters. The minimum Gasteiger partial charge on any atom is -0.424 e. The van der Waals surface area contributed by atoms with Crippen molar-refractivity contribution in [3.8, 4) is 11.1 Å². The number of hydrogen-bond donors (Lipinski definition) is 1. The summed E-state index contributed by atoms with van der Waals surface area (Å²) >= 11 is 1.63. The van der Waals surface area contributed by atoms with E-state index in [-0.39, 0.29) is 18.4 Å². The number of rotatable bonds is 6. The Morgan fingerprint density at radius 2 is 1.82 bits per heavy atom. The first-order valence-corrected chi connectivity index (χ1v) is 12.7. The molecule has 1 N–H and O–H groups in total. The Hall–Kier alpha value is -3.10. The van der Waals surface area contributed by atoms with Gasteiger partial charge in [-0.3, -0.25) is 4.79 Å². The molecule has 0 radical (unpaired) electrons. The van der Waals surface area contributed by atoms with Crippen LogP contribution in [-0.2, 0) is 17.6 Å². The highest BCUT2D eigenvalue weighted by atomic mass is 32.1. The number of carbonyl (C=O) groups is 1. The minimum atomic E-state index is -0.0439. The molecule has 0 aliphatic carbocycles. The van der Waals surface area contributed by atoms with Crippen LogP contribution in [0.15, 0.2) is 52.9 Å². The predicted molar refractivity (Wildman–Crippen MR) is 132 cm³/mol. The lowest BCUT2D eigenvalue weighted by atomic mass is 9.98. The van der Waals surface area contributed by atoms with Crippen LogP contribution in [0.3, 0.4) is 0 Å². The van der Waals surface area contributed by atoms with Crippen LogP contribution in [0.4, 0.5) is 0 Å². The van der Waals surface area contributed by atoms with Gasteiger partial charge in [-0.2, -0.15) is 0 Å². The number of benzene rings is 2. The molecule has 2 aromatic heterocycles. The van der Waals surface area contributed by atoms with Crippen molar-refractivity contribution in [3.05, 3.63) is 65.3 Å². The van der Waals surface area contributed by atoms with Crippen molar-refractivity contribution in [3.63, 3.8) is 0 Å². The van der Waals surface area contributed by atoms with Gasteiger partial charge in [-0.05, 0) is 56.0 Å². The second-order valence-corrected chi connectivity index (χ2v) is 10.5. The van der Waals surface area contributed by atoms with Gasteiger partial charge in [0.1, 0.15) is 11.4 Å². The summed E-state index contributed by atoms with van der Waals surface area (Å²) in [6, 6.07) is 18.1. The molecule has 2 fully saturated rings. The van der Waals surface area contributed by atoms with Crippen LogP contribution in [-0.4, -0.2) is 51.2 Å². The maximum atomic E-state index is 12.6. The molecule has 4 heterocycles. The van der Waals surface area contributed by atoms with Crippen molar-refractivity contribution in [2.24, 2.45) is 0 Å². The number of nitrogens with one attached hydrogen (secondary N) is 1. The van der Waals surface area contributed by atoms with Gasteiger partial charge in [0.05, 0.1) is 16.6 Å². The van der Waals surface area contributed by atoms with E-state index in [1.807, 2.05) is 18.2 Å². The highest BCUT2D eigenvalue weighted by Gasteiger charge is 2.38. The number of nitrogens with zero attached hydrogens (tertiary/aromatic N) is 4. The van der Waals surface area contributed by atoms with Gasteiger partial charge < -0.3 is 14.6 Å². The van der Waals surface area contributed by atoms with E-state index in [0.29, 0.717) is 30.3 Å². The van der Waals surface area contributed by atoms with E-state index in [4.69, 9.17) is 9.40 Å². The average Bonchev–Trinajstić information content (AvgIpc) is 3.49. The van der Waals surface area contributed by atoms with Gasteiger partial charge in [0.2, 0.25) is 17.7 Å². The molecule has 0 saturated carbocycles. The van der Waals surface area contributed by atoms with Crippen LogP contribution in [0.25, 0.3) is 21.3 Å². The fourth-order valence-electron chi connectivity index (χ4n) is 5.36. The topological polar surface area (TPSA) is 84.2 Å². The van der Waals surface area contributed by atoms with Gasteiger partial charge in [-0.1, -0.05) is 36.4 Å². The summed E-state index contributed by atoms with van der Waals surface area (Å²) in [5, 5.41) is 12.4. The summed E-state index contributed by atoms with van der Waals surface area (Å²) in [7, 11) is 2.20. The standard InChI is InChI=1S/C26H27N5O2S/c1-31-19-8-9-20(31)13-18(12-19)27-23(32)14-24-29-30-25(33-24)15-26-28-21-10-7-17(11-22(21)34-26)16-5-3-2-4-6-16/h2-7,10-11,18-20H,8-9,12-15H2,1H3,(H,27,32). The van der Waals surface area contributed by atoms with Crippen LogP contribution in [0.2, 0.25) is 0 Å². The number of fused-ring (bicyclic) bond motifs is 3. The Labute approximate surface area is 202 Å². The molecular formula is C26H27N5O2S. The number of hydrogen-bond acceptors (Lipinski definition) is 7. The smallest absolute Gasteiger partial charge is 0.229 e. The monoisotopic (exact) mass is 473 g/mol. The summed E-state index contributed by atoms with van der Waals surface area (Å²) in [5.41, 5.74) is 3.32. The second kappa shape index (κ2) is 8.92. The van der Waals surface area contributed by atoms with E-state index < -0.39 is 0 Å². The van der Waals surface area contributed by atoms with Crippen molar-refractivity contribution in [2.45, 2.75) is 56.7 Å². The highest BCUT2D eigenvalue weighted by molar-refractivity contribution is 7.18. The van der Waals surface area contributed by atoms with Crippen molar-refractivity contribution < 1.29 is 9.21 Å². The molecule has 2 aliphatic heterocycles. The van der Waals surface area contributed by atoms with E-state index in [1.54, 1.807) is 11.3 Å². The first kappa shape index (κ1) is 21.4. The number of thiazole rings is 1. The summed E-state index contributed by atoms with van der Waals surface area (Å²) < 4.78 is 6.91. The molecule has 7 nitrogen and oxygen atoms in total. The molecule has 1 amide bonds. The van der Waals surface area contributed by atoms with Crippen molar-refractivity contribution in [1.82, 2.24) is 25.4 Å². The summed E-state index contributed by atoms with van der Waals surface area (Å²) in [5.74, 6) is 0.802. The number of carbonyl (C=O) groups excluding carboxylic acids is 1. The van der Waals surface area contributed by atoms with Crippen molar-refractivity contribution >= 4 is 27.5 Å². The van der Waals surface area contributed by atoms with Gasteiger partial charge in [0.25, 0.3) is 0 Å². The van der Waals surface area contributed by atoms with Crippen LogP contribution >= 0.6 is 11.3 Å². The highest BCUT2D eigenvalue weighted by Crippen LogP contribution is 2.34. The normalized spacial score (nSPS) is 22.3. The summed E-state index contributed by atoms with van der Waals surface area (Å²) in [4.78, 5) is 19.8. The largest absolute Gasteiger partial charge is 0.424 e. The first-order valence-electron chi connectivity index (χ1n) is 11.9. The lowest BCUT2D eigenvalue weighted by Gasteiger charge is -2.36. The maximum Gasteiger partial charge on any atom is 0.229 e. The molecule has 2 aliphatic rings. The van der Waals surface area contributed by atoms with E-state index in [0.717, 1.165) is 28.1 Å². The van der Waals surface area contributed by atoms with E-state index in [9.17, 15) is 4.79 Å². The number of aromatic nitrogens is 3. The Balaban J connectivity index is 1.08. The summed E-state index contributed by atoms with van der Waals surface area (Å²) in [6.45, 7) is 0. The fraction of sp³-hybridized carbons (Fsp3) is 0.385. The zero-order valence-electron chi connectivity index (χ0n) is 19.1. The molecular weight excluding hydrogens is 446 g/mol. The lowest BCUT2D eigenvalue weighted by Crippen LogP contribution is -2.49. The molecule has 8 heteroatoms. The van der Waals surface area contributed by atoms with Gasteiger partial charge in [-0.25, -0.2) is 4.98 Å². The van der Waals surface area contributed by atoms with Gasteiger partial charge in [0, 0.05) is 18.1 Å². The molecule has 6 rings (SSSR count). The number of amides is 1. The lowest BCUT2D eigenvalue weighted by molar-refractivity contribution is -0.121. The van der Waals surface area contributed by atoms with E-state index in [1.165, 1.54) is 24.0 Å². The van der Waals surface area contributed by atoms with Gasteiger partial charge >= 0.3 is 0 Å². The zero-order chi connectivity index (χ0) is 23.1. The molecule has 2 saturated heterocycles. The average molecular weight is 474 g/mol. The van der Waals surface area contributed by atoms with Crippen molar-refractivity contribution in [2.75, 3.05) is 7.05 Å². The third-order valence-electron chi connectivity index (χ3n) is 7.13. The molecule has 174 valence electrons. The maximum absolute atomic E-state index is 12.6. The molecule has 34 heavy (non-hydrogen) atoms. The van der Waals surface area contributed by atoms with Crippen LogP contribution in [0, 0.1) is 0 Å². The molecule has 4 aromatic rings. The Morgan fingerprint density at radius 1 is 1.06 bits per heavy atom. The third kappa shape index (κ3) is 4.35. The predicted octanol–water partition coefficient (Wildman–Crippen LogP) is 4.22. The number of piperidine rings is 1. The first-order chi connectivity index (χ1) is 16.6. The van der Waals surface area contributed by atoms with Crippen LogP contribution in [0.5, 0.6) is 0 Å². The van der Waals surface area contributed by atoms with E-state index >= 15 is 0 Å². The van der Waals surface area contributed by atoms with Crippen LogP contribution < -0.4 is 5.32 Å². The molecule has 2 unspecified atom stereocenters. The third-order valence-corrected chi connectivity index (χ3v) is 8.14. The molecule has 2 aromatic carbocycles. The Kier molecular flexibility index (Phi) is 5.63. The van der Waals surface area contributed by atoms with Gasteiger partial charge in [-0.15, -0.1) is 21.5 Å². The quantitative estimate of drug-likeness (QED) is 0.451. The summed E-state index contributed by atoms with van der Waals surface area (Å²) in [6.07, 6.45) is 5.11. The van der Waals surface area contributed by atoms with Gasteiger partial charge in [0.15, 0.2) is 0 Å². The second-order valence-electron chi connectivity index (χ2n) is 9.39. The van der Waals surface area contributed by atoms with Crippen LogP contribution in [0.1, 0.15) is 42.5 Å².